The molecule has 46 heavy (non-hydrogen) atoms. The Morgan fingerprint density at radius 2 is 1.61 bits per heavy atom. The number of likely N-dealkylation sites (N-methyl/N-ethyl adjacent to an activating group) is 1. The van der Waals surface area contributed by atoms with Crippen LogP contribution >= 0.6 is 0 Å². The van der Waals surface area contributed by atoms with Gasteiger partial charge in [-0.05, 0) is 49.8 Å². The number of phenols is 2. The molecule has 0 heterocycles. The molecule has 2 aromatic carbocycles. The Bertz CT molecular complexity index is 1860. The SMILES string of the molecule is CC1c2cccc(O)c2C(O)=C2C(=O)C3(O)C(O)=C(C(N)=O)C(=O)C(N(C)C)C3C(O)C21.O=C(O)c1cc(S(=O)(=O)O)ccc1O. The second-order valence-corrected chi connectivity index (χ2v) is 12.7. The molecule has 1 fully saturated rings. The molecule has 1 saturated carbocycles. The first-order chi connectivity index (χ1) is 21.2. The Hall–Kier alpha value is -4.81. The summed E-state index contributed by atoms with van der Waals surface area (Å²) in [4.78, 5) is 49.8. The van der Waals surface area contributed by atoms with E-state index in [2.05, 4.69) is 0 Å². The molecule has 1 amide bonds. The molecular formula is C29H30N2O14S. The summed E-state index contributed by atoms with van der Waals surface area (Å²) in [5.74, 6) is -10.9. The van der Waals surface area contributed by atoms with Gasteiger partial charge in [0, 0.05) is 11.5 Å². The van der Waals surface area contributed by atoms with Crippen LogP contribution in [0.15, 0.2) is 58.2 Å². The van der Waals surface area contributed by atoms with Crippen molar-refractivity contribution in [2.45, 2.75) is 35.5 Å². The molecule has 0 aliphatic heterocycles. The molecule has 3 aliphatic rings. The summed E-state index contributed by atoms with van der Waals surface area (Å²) in [6.07, 6.45) is -1.59. The van der Waals surface area contributed by atoms with Gasteiger partial charge in [0.1, 0.15) is 34.2 Å². The van der Waals surface area contributed by atoms with E-state index >= 15 is 0 Å². The second kappa shape index (κ2) is 11.5. The van der Waals surface area contributed by atoms with E-state index in [1.807, 2.05) is 0 Å². The van der Waals surface area contributed by atoms with Crippen molar-refractivity contribution in [2.24, 2.45) is 17.6 Å². The highest BCUT2D eigenvalue weighted by molar-refractivity contribution is 7.85. The number of phenolic OH excluding ortho intramolecular Hbond substituents is 1. The minimum atomic E-state index is -4.45. The number of nitrogens with zero attached hydrogens (tertiary/aromatic N) is 1. The van der Waals surface area contributed by atoms with Gasteiger partial charge in [-0.3, -0.25) is 23.8 Å². The zero-order valence-corrected chi connectivity index (χ0v) is 25.1. The van der Waals surface area contributed by atoms with Crippen molar-refractivity contribution in [1.82, 2.24) is 4.90 Å². The average molecular weight is 663 g/mol. The molecule has 17 heteroatoms. The number of aliphatic hydroxyl groups excluding tert-OH is 3. The molecule has 6 unspecified atom stereocenters. The predicted molar refractivity (Wildman–Crippen MR) is 155 cm³/mol. The molecule has 5 rings (SSSR count). The van der Waals surface area contributed by atoms with Crippen LogP contribution in [0.2, 0.25) is 0 Å². The van der Waals surface area contributed by atoms with Gasteiger partial charge in [-0.1, -0.05) is 19.1 Å². The molecule has 10 N–H and O–H groups in total. The quantitative estimate of drug-likeness (QED) is 0.152. The van der Waals surface area contributed by atoms with Crippen LogP contribution in [-0.2, 0) is 24.5 Å². The fourth-order valence-corrected chi connectivity index (χ4v) is 6.93. The van der Waals surface area contributed by atoms with Gasteiger partial charge in [-0.2, -0.15) is 8.42 Å². The summed E-state index contributed by atoms with van der Waals surface area (Å²) in [5, 5.41) is 72.4. The minimum absolute atomic E-state index is 0.0245. The van der Waals surface area contributed by atoms with Crippen molar-refractivity contribution in [3.8, 4) is 11.5 Å². The van der Waals surface area contributed by atoms with E-state index < -0.39 is 108 Å². The standard InChI is InChI=1S/C22H24N2O8.C7H6O6S/c1-7-8-5-4-6-9(25)11(8)16(26)12-10(7)17(27)14-15(24(2)3)18(28)13(21(23)31)20(30)22(14,32)19(12)29;8-6-2-1-4(14(11,12)13)3-5(6)7(9)10/h4-7,10,14-15,17,25-27,30,32H,1-3H3,(H2,23,31);1-3,8H,(H,9,10)(H,11,12,13). The number of fused-ring (bicyclic) bond motifs is 3. The molecule has 0 aromatic heterocycles. The third-order valence-corrected chi connectivity index (χ3v) is 9.34. The first kappa shape index (κ1) is 34.1. The van der Waals surface area contributed by atoms with Crippen LogP contribution in [-0.4, -0.2) is 109 Å². The number of aromatic carboxylic acids is 1. The lowest BCUT2D eigenvalue weighted by Gasteiger charge is -2.53. The zero-order valence-electron chi connectivity index (χ0n) is 24.3. The first-order valence-electron chi connectivity index (χ1n) is 13.4. The number of Topliss-reactive ketones (excluding diaryl/α,β-unsaturated/α-hetero) is 2. The molecule has 0 bridgehead atoms. The van der Waals surface area contributed by atoms with E-state index in [9.17, 15) is 53.1 Å². The van der Waals surface area contributed by atoms with Crippen LogP contribution in [0.4, 0.5) is 0 Å². The van der Waals surface area contributed by atoms with Crippen LogP contribution in [0.3, 0.4) is 0 Å². The Morgan fingerprint density at radius 3 is 2.13 bits per heavy atom. The summed E-state index contributed by atoms with van der Waals surface area (Å²) in [6.45, 7) is 1.68. The normalized spacial score (nSPS) is 27.3. The lowest BCUT2D eigenvalue weighted by Crippen LogP contribution is -2.70. The number of hydrogen-bond donors (Lipinski definition) is 9. The molecule has 3 aliphatic carbocycles. The van der Waals surface area contributed by atoms with E-state index in [0.29, 0.717) is 11.6 Å². The highest BCUT2D eigenvalue weighted by Gasteiger charge is 2.68. The maximum absolute atomic E-state index is 13.7. The van der Waals surface area contributed by atoms with Gasteiger partial charge in [-0.15, -0.1) is 0 Å². The summed E-state index contributed by atoms with van der Waals surface area (Å²) in [5.41, 5.74) is 0.885. The highest BCUT2D eigenvalue weighted by Crippen LogP contribution is 2.55. The predicted octanol–water partition coefficient (Wildman–Crippen LogP) is -0.167. The van der Waals surface area contributed by atoms with Gasteiger partial charge in [0.15, 0.2) is 11.4 Å². The number of carboxylic acids is 1. The van der Waals surface area contributed by atoms with Gasteiger partial charge in [0.25, 0.3) is 16.0 Å². The molecule has 0 spiro atoms. The van der Waals surface area contributed by atoms with Crippen molar-refractivity contribution >= 4 is 39.3 Å². The third-order valence-electron chi connectivity index (χ3n) is 8.49. The molecule has 0 saturated heterocycles. The van der Waals surface area contributed by atoms with E-state index in [1.165, 1.54) is 25.1 Å². The number of carboxylic acid groups (broad SMARTS) is 1. The average Bonchev–Trinajstić information content (AvgIpc) is 2.94. The number of amides is 1. The van der Waals surface area contributed by atoms with Crippen molar-refractivity contribution in [2.75, 3.05) is 14.1 Å². The Morgan fingerprint density at radius 1 is 1.00 bits per heavy atom. The van der Waals surface area contributed by atoms with Crippen LogP contribution in [0.5, 0.6) is 11.5 Å². The first-order valence-corrected chi connectivity index (χ1v) is 14.8. The smallest absolute Gasteiger partial charge is 0.339 e. The molecule has 246 valence electrons. The van der Waals surface area contributed by atoms with E-state index in [-0.39, 0.29) is 11.3 Å². The number of rotatable bonds is 4. The van der Waals surface area contributed by atoms with Crippen molar-refractivity contribution in [1.29, 1.82) is 0 Å². The van der Waals surface area contributed by atoms with Gasteiger partial charge in [0.2, 0.25) is 5.78 Å². The number of carbonyl (C=O) groups is 4. The Labute approximate surface area is 260 Å². The van der Waals surface area contributed by atoms with Gasteiger partial charge in [-0.25, -0.2) is 4.79 Å². The molecule has 0 radical (unpaired) electrons. The van der Waals surface area contributed by atoms with Crippen molar-refractivity contribution in [3.63, 3.8) is 0 Å². The summed E-state index contributed by atoms with van der Waals surface area (Å²) in [6, 6.07) is 5.59. The third kappa shape index (κ3) is 5.07. The number of ketones is 2. The topological polar surface area (TPSA) is 294 Å². The number of nitrogens with two attached hydrogens (primary N) is 1. The summed E-state index contributed by atoms with van der Waals surface area (Å²) < 4.78 is 29.8. The molecule has 16 nitrogen and oxygen atoms in total. The number of carbonyl (C=O) groups excluding carboxylic acids is 3. The van der Waals surface area contributed by atoms with Crippen LogP contribution < -0.4 is 5.73 Å². The van der Waals surface area contributed by atoms with Crippen molar-refractivity contribution < 1.29 is 67.9 Å². The summed E-state index contributed by atoms with van der Waals surface area (Å²) >= 11 is 0. The van der Waals surface area contributed by atoms with Crippen LogP contribution in [0, 0.1) is 11.8 Å². The summed E-state index contributed by atoms with van der Waals surface area (Å²) in [7, 11) is -1.53. The Kier molecular flexibility index (Phi) is 8.53. The van der Waals surface area contributed by atoms with E-state index in [0.717, 1.165) is 12.1 Å². The van der Waals surface area contributed by atoms with Gasteiger partial charge < -0.3 is 41.5 Å². The molecular weight excluding hydrogens is 632 g/mol. The fraction of sp³-hybridized carbons (Fsp3) is 0.310. The van der Waals surface area contributed by atoms with E-state index in [1.54, 1.807) is 19.1 Å². The van der Waals surface area contributed by atoms with Crippen LogP contribution in [0.25, 0.3) is 5.76 Å². The maximum atomic E-state index is 13.7. The fourth-order valence-electron chi connectivity index (χ4n) is 6.42. The maximum Gasteiger partial charge on any atom is 0.339 e. The Balaban J connectivity index is 0.000000288. The number of benzene rings is 2. The lowest BCUT2D eigenvalue weighted by atomic mass is 9.54. The highest BCUT2D eigenvalue weighted by atomic mass is 32.2. The minimum Gasteiger partial charge on any atom is -0.508 e. The lowest BCUT2D eigenvalue weighted by molar-refractivity contribution is -0.169. The monoisotopic (exact) mass is 662 g/mol. The molecule has 6 atom stereocenters. The van der Waals surface area contributed by atoms with Gasteiger partial charge >= 0.3 is 5.97 Å². The second-order valence-electron chi connectivity index (χ2n) is 11.2. The van der Waals surface area contributed by atoms with Crippen molar-refractivity contribution in [3.05, 3.63) is 70.0 Å². The van der Waals surface area contributed by atoms with E-state index in [4.69, 9.17) is 20.5 Å². The number of primary amides is 1. The number of aliphatic hydroxyl groups is 4. The zero-order chi connectivity index (χ0) is 34.8. The number of aromatic hydroxyl groups is 2. The molecule has 2 aromatic rings. The van der Waals surface area contributed by atoms with Crippen LogP contribution in [0.1, 0.15) is 34.3 Å². The largest absolute Gasteiger partial charge is 0.508 e. The number of hydrogen-bond acceptors (Lipinski definition) is 13. The van der Waals surface area contributed by atoms with Gasteiger partial charge in [0.05, 0.1) is 28.5 Å².